The Balaban J connectivity index is 1.69. The molecule has 0 aliphatic heterocycles. The molecule has 0 aliphatic carbocycles. The largest absolute Gasteiger partial charge is 0.338 e. The Morgan fingerprint density at radius 3 is 2.55 bits per heavy atom. The number of rotatable bonds is 6. The zero-order chi connectivity index (χ0) is 20.4. The molecule has 0 fully saturated rings. The molecule has 0 saturated carbocycles. The molecule has 1 N–H and O–H groups in total. The molecule has 29 heavy (non-hydrogen) atoms. The molecule has 4 aromatic rings. The van der Waals surface area contributed by atoms with Crippen LogP contribution in [0.25, 0.3) is 22.4 Å². The predicted molar refractivity (Wildman–Crippen MR) is 120 cm³/mol. The normalized spacial score (nSPS) is 11.2. The van der Waals surface area contributed by atoms with Gasteiger partial charge in [-0.05, 0) is 49.2 Å². The maximum Gasteiger partial charge on any atom is 0.149 e. The number of hydrogen-bond donors (Lipinski definition) is 1. The third-order valence-corrected chi connectivity index (χ3v) is 5.23. The molecule has 148 valence electrons. The summed E-state index contributed by atoms with van der Waals surface area (Å²) in [6.07, 6.45) is 5.47. The van der Waals surface area contributed by atoms with Crippen molar-refractivity contribution in [3.05, 3.63) is 64.5 Å². The Morgan fingerprint density at radius 1 is 1.00 bits per heavy atom. The van der Waals surface area contributed by atoms with Gasteiger partial charge in [0.1, 0.15) is 11.6 Å². The van der Waals surface area contributed by atoms with Gasteiger partial charge in [-0.25, -0.2) is 9.97 Å². The van der Waals surface area contributed by atoms with E-state index in [1.165, 1.54) is 0 Å². The van der Waals surface area contributed by atoms with E-state index in [9.17, 15) is 0 Å². The highest BCUT2D eigenvalue weighted by atomic mass is 35.5. The van der Waals surface area contributed by atoms with Gasteiger partial charge in [0.2, 0.25) is 0 Å². The van der Waals surface area contributed by atoms with E-state index in [-0.39, 0.29) is 0 Å². The van der Waals surface area contributed by atoms with E-state index in [2.05, 4.69) is 33.7 Å². The molecule has 0 saturated heterocycles. The van der Waals surface area contributed by atoms with Crippen molar-refractivity contribution < 1.29 is 0 Å². The summed E-state index contributed by atoms with van der Waals surface area (Å²) in [6, 6.07) is 11.6. The Morgan fingerprint density at radius 2 is 1.86 bits per heavy atom. The lowest BCUT2D eigenvalue weighted by molar-refractivity contribution is 0.704. The van der Waals surface area contributed by atoms with Gasteiger partial charge in [-0.2, -0.15) is 0 Å². The van der Waals surface area contributed by atoms with Crippen LogP contribution in [0.15, 0.2) is 48.8 Å². The molecule has 4 rings (SSSR count). The van der Waals surface area contributed by atoms with Gasteiger partial charge in [0, 0.05) is 29.0 Å². The van der Waals surface area contributed by atoms with Gasteiger partial charge in [0.15, 0.2) is 0 Å². The summed E-state index contributed by atoms with van der Waals surface area (Å²) in [4.78, 5) is 13.7. The van der Waals surface area contributed by atoms with Crippen LogP contribution in [0.4, 0.5) is 11.5 Å². The number of anilines is 2. The number of halogens is 2. The van der Waals surface area contributed by atoms with Crippen LogP contribution < -0.4 is 5.32 Å². The van der Waals surface area contributed by atoms with E-state index >= 15 is 0 Å². The number of benzene rings is 1. The van der Waals surface area contributed by atoms with Crippen LogP contribution >= 0.6 is 23.2 Å². The highest BCUT2D eigenvalue weighted by molar-refractivity contribution is 6.33. The average molecular weight is 426 g/mol. The number of hydrogen-bond acceptors (Lipinski definition) is 4. The smallest absolute Gasteiger partial charge is 0.149 e. The summed E-state index contributed by atoms with van der Waals surface area (Å²) in [5.74, 6) is 1.42. The fourth-order valence-corrected chi connectivity index (χ4v) is 3.65. The minimum absolute atomic E-state index is 0.523. The molecule has 0 unspecified atom stereocenters. The Labute approximate surface area is 179 Å². The van der Waals surface area contributed by atoms with Crippen LogP contribution in [0.3, 0.4) is 0 Å². The fraction of sp³-hybridized carbons (Fsp3) is 0.227. The first-order chi connectivity index (χ1) is 14.1. The number of nitrogens with one attached hydrogen (secondary N) is 1. The maximum atomic E-state index is 6.54. The Kier molecular flexibility index (Phi) is 5.69. The van der Waals surface area contributed by atoms with Crippen molar-refractivity contribution >= 4 is 45.7 Å². The second-order valence-electron chi connectivity index (χ2n) is 6.79. The van der Waals surface area contributed by atoms with Crippen molar-refractivity contribution in [2.75, 3.05) is 5.32 Å². The number of pyridine rings is 2. The van der Waals surface area contributed by atoms with Gasteiger partial charge in [-0.15, -0.1) is 0 Å². The summed E-state index contributed by atoms with van der Waals surface area (Å²) in [5.41, 5.74) is 4.66. The zero-order valence-corrected chi connectivity index (χ0v) is 17.8. The molecule has 3 heterocycles. The minimum atomic E-state index is 0.523. The first kappa shape index (κ1) is 19.7. The average Bonchev–Trinajstić information content (AvgIpc) is 3.08. The van der Waals surface area contributed by atoms with Gasteiger partial charge in [-0.1, -0.05) is 37.0 Å². The molecule has 7 heteroatoms. The summed E-state index contributed by atoms with van der Waals surface area (Å²) in [6.45, 7) is 5.06. The van der Waals surface area contributed by atoms with Crippen molar-refractivity contribution in [3.8, 4) is 11.4 Å². The number of aryl methyl sites for hydroxylation is 2. The van der Waals surface area contributed by atoms with Crippen LogP contribution in [-0.2, 0) is 13.0 Å². The summed E-state index contributed by atoms with van der Waals surface area (Å²) >= 11 is 12.7. The van der Waals surface area contributed by atoms with E-state index < -0.39 is 0 Å². The maximum absolute atomic E-state index is 6.54. The molecule has 5 nitrogen and oxygen atoms in total. The zero-order valence-electron chi connectivity index (χ0n) is 16.3. The van der Waals surface area contributed by atoms with Gasteiger partial charge >= 0.3 is 0 Å². The first-order valence-electron chi connectivity index (χ1n) is 9.62. The second kappa shape index (κ2) is 8.39. The molecule has 0 amide bonds. The highest BCUT2D eigenvalue weighted by Gasteiger charge is 2.15. The standard InChI is InChI=1S/C22H21Cl2N5/c1-3-9-29-20-8-5-15(23)11-19(20)28-22(29)14-10-18(24)21(26-12-14)27-17-7-6-16(4-2)25-13-17/h5-8,10-13H,3-4,9H2,1-2H3,(H,26,27). The topological polar surface area (TPSA) is 55.6 Å². The van der Waals surface area contributed by atoms with Gasteiger partial charge in [0.25, 0.3) is 0 Å². The SMILES string of the molecule is CCCn1c(-c2cnc(Nc3ccc(CC)nc3)c(Cl)c2)nc2cc(Cl)ccc21. The first-order valence-corrected chi connectivity index (χ1v) is 10.4. The number of nitrogens with zero attached hydrogens (tertiary/aromatic N) is 4. The molecule has 0 bridgehead atoms. The van der Waals surface area contributed by atoms with E-state index in [1.807, 2.05) is 36.4 Å². The lowest BCUT2D eigenvalue weighted by Crippen LogP contribution is -2.01. The predicted octanol–water partition coefficient (Wildman–Crippen LogP) is 6.52. The quantitative estimate of drug-likeness (QED) is 0.382. The van der Waals surface area contributed by atoms with Crippen LogP contribution in [0.2, 0.25) is 10.0 Å². The Hall–Kier alpha value is -2.63. The lowest BCUT2D eigenvalue weighted by Gasteiger charge is -2.11. The fourth-order valence-electron chi connectivity index (χ4n) is 3.27. The molecule has 0 atom stereocenters. The molecule has 0 aliphatic rings. The van der Waals surface area contributed by atoms with Crippen LogP contribution in [0, 0.1) is 0 Å². The summed E-state index contributed by atoms with van der Waals surface area (Å²) in [5, 5.41) is 4.42. The van der Waals surface area contributed by atoms with Crippen LogP contribution in [-0.4, -0.2) is 19.5 Å². The molecule has 0 spiro atoms. The van der Waals surface area contributed by atoms with Crippen LogP contribution in [0.1, 0.15) is 26.0 Å². The number of fused-ring (bicyclic) bond motifs is 1. The number of imidazole rings is 1. The van der Waals surface area contributed by atoms with E-state index in [0.717, 1.165) is 53.2 Å². The third kappa shape index (κ3) is 4.07. The van der Waals surface area contributed by atoms with E-state index in [1.54, 1.807) is 12.4 Å². The van der Waals surface area contributed by atoms with E-state index in [0.29, 0.717) is 15.9 Å². The monoisotopic (exact) mass is 425 g/mol. The van der Waals surface area contributed by atoms with Gasteiger partial charge in [-0.3, -0.25) is 4.98 Å². The molecular weight excluding hydrogens is 405 g/mol. The van der Waals surface area contributed by atoms with Crippen molar-refractivity contribution in [1.82, 2.24) is 19.5 Å². The highest BCUT2D eigenvalue weighted by Crippen LogP contribution is 2.31. The molecule has 3 aromatic heterocycles. The molecule has 1 aromatic carbocycles. The van der Waals surface area contributed by atoms with Gasteiger partial charge in [0.05, 0.1) is 27.9 Å². The number of aromatic nitrogens is 4. The van der Waals surface area contributed by atoms with Crippen molar-refractivity contribution in [3.63, 3.8) is 0 Å². The van der Waals surface area contributed by atoms with Crippen molar-refractivity contribution in [1.29, 1.82) is 0 Å². The lowest BCUT2D eigenvalue weighted by atomic mass is 10.2. The van der Waals surface area contributed by atoms with Crippen LogP contribution in [0.5, 0.6) is 0 Å². The third-order valence-electron chi connectivity index (χ3n) is 4.71. The molecule has 0 radical (unpaired) electrons. The molecular formula is C22H21Cl2N5. The van der Waals surface area contributed by atoms with Crippen molar-refractivity contribution in [2.24, 2.45) is 0 Å². The summed E-state index contributed by atoms with van der Waals surface area (Å²) in [7, 11) is 0. The van der Waals surface area contributed by atoms with E-state index in [4.69, 9.17) is 28.2 Å². The van der Waals surface area contributed by atoms with Gasteiger partial charge < -0.3 is 9.88 Å². The minimum Gasteiger partial charge on any atom is -0.338 e. The second-order valence-corrected chi connectivity index (χ2v) is 7.63. The Bertz CT molecular complexity index is 1150. The summed E-state index contributed by atoms with van der Waals surface area (Å²) < 4.78 is 2.18. The van der Waals surface area contributed by atoms with Crippen molar-refractivity contribution in [2.45, 2.75) is 33.2 Å².